The van der Waals surface area contributed by atoms with Gasteiger partial charge in [0.15, 0.2) is 0 Å². The zero-order valence-electron chi connectivity index (χ0n) is 9.80. The number of thiol groups is 1. The Morgan fingerprint density at radius 1 is 1.35 bits per heavy atom. The largest absolute Gasteiger partial charge is 0.343 e. The van der Waals surface area contributed by atoms with E-state index < -0.39 is 0 Å². The monoisotopic (exact) mass is 272 g/mol. The van der Waals surface area contributed by atoms with Crippen molar-refractivity contribution in [2.45, 2.75) is 13.3 Å². The molecule has 1 aliphatic heterocycles. The molecule has 0 spiro atoms. The van der Waals surface area contributed by atoms with Crippen LogP contribution in [-0.4, -0.2) is 52.9 Å². The van der Waals surface area contributed by atoms with Gasteiger partial charge >= 0.3 is 0 Å². The van der Waals surface area contributed by atoms with E-state index in [1.54, 1.807) is 11.3 Å². The maximum atomic E-state index is 11.7. The molecule has 94 valence electrons. The number of amides is 1. The predicted octanol–water partition coefficient (Wildman–Crippen LogP) is 0.815. The molecule has 0 aliphatic carbocycles. The van der Waals surface area contributed by atoms with Crippen LogP contribution in [0.1, 0.15) is 11.4 Å². The van der Waals surface area contributed by atoms with Crippen molar-refractivity contribution < 1.29 is 4.79 Å². The Morgan fingerprint density at radius 2 is 2.06 bits per heavy atom. The SMILES string of the molecule is Cc1nnc(N2CCN(C(=O)CCS)CC2)s1. The number of carbonyl (C=O) groups excluding carboxylic acids is 1. The second-order valence-electron chi connectivity index (χ2n) is 3.95. The molecular formula is C10H16N4OS2. The Morgan fingerprint density at radius 3 is 2.59 bits per heavy atom. The van der Waals surface area contributed by atoms with Gasteiger partial charge in [-0.15, -0.1) is 10.2 Å². The number of rotatable bonds is 3. The van der Waals surface area contributed by atoms with Crippen molar-refractivity contribution in [2.24, 2.45) is 0 Å². The fraction of sp³-hybridized carbons (Fsp3) is 0.700. The Labute approximate surface area is 110 Å². The molecule has 0 aromatic carbocycles. The average molecular weight is 272 g/mol. The Balaban J connectivity index is 1.88. The highest BCUT2D eigenvalue weighted by molar-refractivity contribution is 7.80. The zero-order valence-corrected chi connectivity index (χ0v) is 11.5. The number of anilines is 1. The first kappa shape index (κ1) is 12.6. The smallest absolute Gasteiger partial charge is 0.223 e. The molecule has 5 nitrogen and oxygen atoms in total. The first-order valence-corrected chi connectivity index (χ1v) is 7.09. The Hall–Kier alpha value is -0.820. The lowest BCUT2D eigenvalue weighted by Crippen LogP contribution is -2.48. The van der Waals surface area contributed by atoms with E-state index in [2.05, 4.69) is 27.7 Å². The normalized spacial score (nSPS) is 16.4. The van der Waals surface area contributed by atoms with E-state index in [4.69, 9.17) is 0 Å². The standard InChI is InChI=1S/C10H16N4OS2/c1-8-11-12-10(17-8)14-5-3-13(4-6-14)9(15)2-7-16/h16H,2-7H2,1H3. The van der Waals surface area contributed by atoms with Crippen LogP contribution in [0.25, 0.3) is 0 Å². The summed E-state index contributed by atoms with van der Waals surface area (Å²) >= 11 is 5.68. The molecule has 0 unspecified atom stereocenters. The first-order chi connectivity index (χ1) is 8.20. The minimum atomic E-state index is 0.202. The summed E-state index contributed by atoms with van der Waals surface area (Å²) in [5.74, 6) is 0.822. The number of hydrogen-bond acceptors (Lipinski definition) is 6. The van der Waals surface area contributed by atoms with Gasteiger partial charge in [-0.2, -0.15) is 12.6 Å². The molecule has 0 saturated carbocycles. The van der Waals surface area contributed by atoms with Crippen molar-refractivity contribution >= 4 is 35.0 Å². The molecular weight excluding hydrogens is 256 g/mol. The highest BCUT2D eigenvalue weighted by Gasteiger charge is 2.22. The van der Waals surface area contributed by atoms with Crippen molar-refractivity contribution in [3.8, 4) is 0 Å². The molecule has 17 heavy (non-hydrogen) atoms. The molecule has 2 heterocycles. The molecule has 1 fully saturated rings. The van der Waals surface area contributed by atoms with Crippen LogP contribution in [-0.2, 0) is 4.79 Å². The molecule has 1 amide bonds. The number of aryl methyl sites for hydroxylation is 1. The molecule has 1 aliphatic rings. The average Bonchev–Trinajstić information content (AvgIpc) is 2.76. The van der Waals surface area contributed by atoms with Gasteiger partial charge in [-0.1, -0.05) is 11.3 Å². The minimum Gasteiger partial charge on any atom is -0.343 e. The van der Waals surface area contributed by atoms with Crippen LogP contribution in [0.4, 0.5) is 5.13 Å². The highest BCUT2D eigenvalue weighted by atomic mass is 32.1. The summed E-state index contributed by atoms with van der Waals surface area (Å²) in [5, 5.41) is 10.1. The van der Waals surface area contributed by atoms with Gasteiger partial charge in [0.25, 0.3) is 0 Å². The van der Waals surface area contributed by atoms with Crippen LogP contribution in [0.5, 0.6) is 0 Å². The van der Waals surface area contributed by atoms with Gasteiger partial charge in [0, 0.05) is 32.6 Å². The first-order valence-electron chi connectivity index (χ1n) is 5.64. The molecule has 1 aromatic rings. The van der Waals surface area contributed by atoms with Crippen LogP contribution in [0, 0.1) is 6.92 Å². The molecule has 0 bridgehead atoms. The lowest BCUT2D eigenvalue weighted by Gasteiger charge is -2.34. The van der Waals surface area contributed by atoms with Gasteiger partial charge in [0.05, 0.1) is 0 Å². The van der Waals surface area contributed by atoms with Crippen molar-refractivity contribution in [1.29, 1.82) is 0 Å². The second kappa shape index (κ2) is 5.68. The van der Waals surface area contributed by atoms with Crippen LogP contribution in [0.2, 0.25) is 0 Å². The van der Waals surface area contributed by atoms with Gasteiger partial charge in [0.1, 0.15) is 5.01 Å². The molecule has 2 rings (SSSR count). The van der Waals surface area contributed by atoms with Crippen LogP contribution in [0.3, 0.4) is 0 Å². The van der Waals surface area contributed by atoms with E-state index in [9.17, 15) is 4.79 Å². The number of piperazine rings is 1. The van der Waals surface area contributed by atoms with Gasteiger partial charge in [-0.3, -0.25) is 4.79 Å². The third-order valence-corrected chi connectivity index (χ3v) is 3.87. The molecule has 7 heteroatoms. The summed E-state index contributed by atoms with van der Waals surface area (Å²) in [5.41, 5.74) is 0. The van der Waals surface area contributed by atoms with Crippen molar-refractivity contribution in [1.82, 2.24) is 15.1 Å². The number of aromatic nitrogens is 2. The topological polar surface area (TPSA) is 49.3 Å². The van der Waals surface area contributed by atoms with E-state index in [-0.39, 0.29) is 5.91 Å². The fourth-order valence-corrected chi connectivity index (χ4v) is 2.75. The lowest BCUT2D eigenvalue weighted by molar-refractivity contribution is -0.131. The van der Waals surface area contributed by atoms with Gasteiger partial charge in [0.2, 0.25) is 11.0 Å². The third kappa shape index (κ3) is 3.10. The fourth-order valence-electron chi connectivity index (χ4n) is 1.81. The second-order valence-corrected chi connectivity index (χ2v) is 5.55. The maximum absolute atomic E-state index is 11.7. The molecule has 0 radical (unpaired) electrons. The van der Waals surface area contributed by atoms with Gasteiger partial charge in [-0.25, -0.2) is 0 Å². The van der Waals surface area contributed by atoms with Crippen LogP contribution in [0.15, 0.2) is 0 Å². The summed E-state index contributed by atoms with van der Waals surface area (Å²) in [6.07, 6.45) is 0.529. The Bertz CT molecular complexity index is 387. The third-order valence-electron chi connectivity index (χ3n) is 2.74. The quantitative estimate of drug-likeness (QED) is 0.828. The molecule has 0 N–H and O–H groups in total. The van der Waals surface area contributed by atoms with Crippen molar-refractivity contribution in [2.75, 3.05) is 36.8 Å². The van der Waals surface area contributed by atoms with Crippen molar-refractivity contribution in [3.05, 3.63) is 5.01 Å². The molecule has 1 saturated heterocycles. The van der Waals surface area contributed by atoms with E-state index in [0.29, 0.717) is 12.2 Å². The van der Waals surface area contributed by atoms with Crippen molar-refractivity contribution in [3.63, 3.8) is 0 Å². The van der Waals surface area contributed by atoms with E-state index >= 15 is 0 Å². The van der Waals surface area contributed by atoms with Gasteiger partial charge in [-0.05, 0) is 12.7 Å². The predicted molar refractivity (Wildman–Crippen MR) is 71.9 cm³/mol. The summed E-state index contributed by atoms with van der Waals surface area (Å²) in [6, 6.07) is 0. The van der Waals surface area contributed by atoms with Crippen LogP contribution >= 0.6 is 24.0 Å². The van der Waals surface area contributed by atoms with E-state index in [1.165, 1.54) is 0 Å². The number of carbonyl (C=O) groups is 1. The Kier molecular flexibility index (Phi) is 4.22. The zero-order chi connectivity index (χ0) is 12.3. The highest BCUT2D eigenvalue weighted by Crippen LogP contribution is 2.20. The summed E-state index contributed by atoms with van der Waals surface area (Å²) < 4.78 is 0. The van der Waals surface area contributed by atoms with E-state index in [1.807, 2.05) is 11.8 Å². The van der Waals surface area contributed by atoms with Crippen LogP contribution < -0.4 is 4.90 Å². The number of hydrogen-bond donors (Lipinski definition) is 1. The lowest BCUT2D eigenvalue weighted by atomic mass is 10.3. The minimum absolute atomic E-state index is 0.202. The number of nitrogens with zero attached hydrogens (tertiary/aromatic N) is 4. The van der Waals surface area contributed by atoms with Gasteiger partial charge < -0.3 is 9.80 Å². The molecule has 1 aromatic heterocycles. The molecule has 0 atom stereocenters. The summed E-state index contributed by atoms with van der Waals surface area (Å²) in [6.45, 7) is 5.17. The summed E-state index contributed by atoms with van der Waals surface area (Å²) in [4.78, 5) is 15.8. The maximum Gasteiger partial charge on any atom is 0.223 e. The van der Waals surface area contributed by atoms with E-state index in [0.717, 1.165) is 36.3 Å². The summed E-state index contributed by atoms with van der Waals surface area (Å²) in [7, 11) is 0.